The minimum absolute atomic E-state index is 0.287. The molecule has 5 nitrogen and oxygen atoms in total. The van der Waals surface area contributed by atoms with Crippen molar-refractivity contribution in [1.82, 2.24) is 18.9 Å². The Morgan fingerprint density at radius 2 is 0.890 bits per heavy atom. The summed E-state index contributed by atoms with van der Waals surface area (Å²) in [5.74, 6) is 4.15. The van der Waals surface area contributed by atoms with E-state index < -0.39 is 0 Å². The molecule has 5 heteroatoms. The lowest BCUT2D eigenvalue weighted by Crippen LogP contribution is -2.06. The van der Waals surface area contributed by atoms with Crippen molar-refractivity contribution in [3.05, 3.63) is 191 Å². The molecular formula is C68H68N4O. The van der Waals surface area contributed by atoms with Crippen LogP contribution in [0.1, 0.15) is 152 Å². The SMILES string of the molecule is CC(C)c1cccc(C(C)C)c1-c1ccc(-c2c(C(C)C)cccc2C(C)C)c2c1c1ccc(Oc3ccc4c5ccccc5n(-c5ccccn5)c4c3)cc1c1ncc(-c3c(C(C)C)cccc3C(C)C)n12. The molecule has 0 aliphatic heterocycles. The number of para-hydroxylation sites is 1. The number of imidazole rings is 1. The van der Waals surface area contributed by atoms with Crippen LogP contribution in [0.5, 0.6) is 11.5 Å². The third-order valence-electron chi connectivity index (χ3n) is 15.3. The molecule has 0 fully saturated rings. The fraction of sp³-hybridized carbons (Fsp3) is 0.265. The Kier molecular flexibility index (Phi) is 12.3. The Morgan fingerprint density at radius 3 is 1.45 bits per heavy atom. The zero-order valence-electron chi connectivity index (χ0n) is 44.7. The maximum Gasteiger partial charge on any atom is 0.145 e. The summed E-state index contributed by atoms with van der Waals surface area (Å²) in [5, 5.41) is 5.75. The third-order valence-corrected chi connectivity index (χ3v) is 15.3. The molecule has 0 amide bonds. The van der Waals surface area contributed by atoms with Gasteiger partial charge in [-0.05, 0) is 139 Å². The largest absolute Gasteiger partial charge is 0.457 e. The van der Waals surface area contributed by atoms with Gasteiger partial charge in [0.2, 0.25) is 0 Å². The van der Waals surface area contributed by atoms with Gasteiger partial charge in [0, 0.05) is 44.9 Å². The molecule has 0 radical (unpaired) electrons. The quantitative estimate of drug-likeness (QED) is 0.115. The summed E-state index contributed by atoms with van der Waals surface area (Å²) in [5.41, 5.74) is 19.8. The Bertz CT molecular complexity index is 3820. The highest BCUT2D eigenvalue weighted by Gasteiger charge is 2.29. The van der Waals surface area contributed by atoms with Crippen molar-refractivity contribution in [2.75, 3.05) is 0 Å². The van der Waals surface area contributed by atoms with Crippen molar-refractivity contribution in [3.8, 4) is 50.8 Å². The molecule has 4 heterocycles. The zero-order chi connectivity index (χ0) is 51.0. The second-order valence-corrected chi connectivity index (χ2v) is 22.1. The molecule has 0 N–H and O–H groups in total. The lowest BCUT2D eigenvalue weighted by Gasteiger charge is -2.26. The van der Waals surface area contributed by atoms with Crippen LogP contribution in [0.2, 0.25) is 0 Å². The predicted octanol–water partition coefficient (Wildman–Crippen LogP) is 19.7. The Labute approximate surface area is 431 Å². The molecule has 0 saturated heterocycles. The van der Waals surface area contributed by atoms with Crippen LogP contribution in [0.3, 0.4) is 0 Å². The molecule has 0 bridgehead atoms. The molecule has 0 aliphatic rings. The topological polar surface area (TPSA) is 44.3 Å². The summed E-state index contributed by atoms with van der Waals surface area (Å²) >= 11 is 0. The predicted molar refractivity (Wildman–Crippen MR) is 310 cm³/mol. The van der Waals surface area contributed by atoms with Gasteiger partial charge in [-0.15, -0.1) is 0 Å². The minimum Gasteiger partial charge on any atom is -0.457 e. The summed E-state index contributed by atoms with van der Waals surface area (Å²) in [6.45, 7) is 28.0. The van der Waals surface area contributed by atoms with Crippen molar-refractivity contribution in [2.45, 2.75) is 119 Å². The van der Waals surface area contributed by atoms with E-state index in [4.69, 9.17) is 14.7 Å². The van der Waals surface area contributed by atoms with E-state index in [0.29, 0.717) is 23.7 Å². The van der Waals surface area contributed by atoms with E-state index in [-0.39, 0.29) is 11.8 Å². The molecule has 0 unspecified atom stereocenters. The lowest BCUT2D eigenvalue weighted by molar-refractivity contribution is 0.484. The molecule has 0 aliphatic carbocycles. The lowest BCUT2D eigenvalue weighted by atomic mass is 9.80. The normalized spacial score (nSPS) is 12.3. The standard InChI is InChI=1S/C68H68N4O/c1-39(2)47-21-17-22-48(40(3)4)63(47)56-33-34-57(64-49(41(5)6)23-18-24-50(64)42(7)8)67-66(56)55-32-30-45(36-58(55)68-70-38-61(72(67)68)65-51(43(9)10)25-19-26-52(65)44(11)12)73-46-29-31-54-53-20-13-14-27-59(53)71(60(54)37-46)62-28-15-16-35-69-62/h13-44H,1-12H3. The molecule has 0 spiro atoms. The van der Waals surface area contributed by atoms with Gasteiger partial charge in [-0.2, -0.15) is 0 Å². The van der Waals surface area contributed by atoms with Gasteiger partial charge in [-0.25, -0.2) is 9.97 Å². The number of benzene rings is 7. The van der Waals surface area contributed by atoms with E-state index in [1.165, 1.54) is 77.5 Å². The second-order valence-electron chi connectivity index (χ2n) is 22.1. The summed E-state index contributed by atoms with van der Waals surface area (Å²) in [7, 11) is 0. The molecule has 366 valence electrons. The summed E-state index contributed by atoms with van der Waals surface area (Å²) in [4.78, 5) is 10.4. The first-order chi connectivity index (χ1) is 35.2. The summed E-state index contributed by atoms with van der Waals surface area (Å²) in [6.07, 6.45) is 4.02. The van der Waals surface area contributed by atoms with Crippen molar-refractivity contribution >= 4 is 49.1 Å². The van der Waals surface area contributed by atoms with Crippen LogP contribution >= 0.6 is 0 Å². The summed E-state index contributed by atoms with van der Waals surface area (Å²) < 4.78 is 11.8. The second kappa shape index (κ2) is 18.8. The number of fused-ring (bicyclic) bond motifs is 9. The van der Waals surface area contributed by atoms with Crippen LogP contribution in [0.25, 0.3) is 88.5 Å². The third kappa shape index (κ3) is 8.00. The monoisotopic (exact) mass is 957 g/mol. The minimum atomic E-state index is 0.287. The highest BCUT2D eigenvalue weighted by atomic mass is 16.5. The number of nitrogens with zero attached hydrogens (tertiary/aromatic N) is 4. The van der Waals surface area contributed by atoms with Gasteiger partial charge in [0.15, 0.2) is 0 Å². The molecule has 11 rings (SSSR count). The van der Waals surface area contributed by atoms with E-state index in [1.807, 2.05) is 18.3 Å². The average Bonchev–Trinajstić information content (AvgIpc) is 3.98. The number of hydrogen-bond donors (Lipinski definition) is 0. The Balaban J connectivity index is 1.29. The fourth-order valence-corrected chi connectivity index (χ4v) is 11.9. The van der Waals surface area contributed by atoms with Crippen LogP contribution in [-0.2, 0) is 0 Å². The molecule has 0 saturated carbocycles. The molecule has 7 aromatic carbocycles. The number of aromatic nitrogens is 4. The maximum absolute atomic E-state index is 7.06. The highest BCUT2D eigenvalue weighted by molar-refractivity contribution is 6.21. The molecular weight excluding hydrogens is 889 g/mol. The van der Waals surface area contributed by atoms with Crippen molar-refractivity contribution in [1.29, 1.82) is 0 Å². The van der Waals surface area contributed by atoms with Gasteiger partial charge in [0.1, 0.15) is 23.0 Å². The van der Waals surface area contributed by atoms with Gasteiger partial charge in [0.25, 0.3) is 0 Å². The van der Waals surface area contributed by atoms with Crippen LogP contribution in [0, 0.1) is 0 Å². The van der Waals surface area contributed by atoms with Gasteiger partial charge in [-0.1, -0.05) is 174 Å². The average molecular weight is 957 g/mol. The number of pyridine rings is 2. The number of hydrogen-bond acceptors (Lipinski definition) is 3. The van der Waals surface area contributed by atoms with Gasteiger partial charge >= 0.3 is 0 Å². The molecule has 4 aromatic heterocycles. The van der Waals surface area contributed by atoms with Crippen LogP contribution in [0.4, 0.5) is 0 Å². The van der Waals surface area contributed by atoms with Gasteiger partial charge < -0.3 is 4.74 Å². The van der Waals surface area contributed by atoms with Crippen molar-refractivity contribution in [3.63, 3.8) is 0 Å². The van der Waals surface area contributed by atoms with E-state index in [0.717, 1.165) is 55.9 Å². The first-order valence-electron chi connectivity index (χ1n) is 26.6. The van der Waals surface area contributed by atoms with E-state index in [2.05, 4.69) is 232 Å². The molecule has 0 atom stereocenters. The van der Waals surface area contributed by atoms with E-state index in [9.17, 15) is 0 Å². The first kappa shape index (κ1) is 47.8. The van der Waals surface area contributed by atoms with Gasteiger partial charge in [0.05, 0.1) is 28.4 Å². The van der Waals surface area contributed by atoms with E-state index in [1.54, 1.807) is 0 Å². The Morgan fingerprint density at radius 1 is 0.397 bits per heavy atom. The zero-order valence-corrected chi connectivity index (χ0v) is 44.7. The van der Waals surface area contributed by atoms with Crippen molar-refractivity contribution in [2.24, 2.45) is 0 Å². The van der Waals surface area contributed by atoms with Crippen LogP contribution in [-0.4, -0.2) is 18.9 Å². The molecule has 11 aromatic rings. The Hall–Kier alpha value is -7.50. The maximum atomic E-state index is 7.06. The highest BCUT2D eigenvalue weighted by Crippen LogP contribution is 2.50. The molecule has 73 heavy (non-hydrogen) atoms. The smallest absolute Gasteiger partial charge is 0.145 e. The first-order valence-corrected chi connectivity index (χ1v) is 26.6. The number of rotatable bonds is 12. The number of ether oxygens (including phenoxy) is 1. The van der Waals surface area contributed by atoms with Crippen LogP contribution < -0.4 is 4.74 Å². The van der Waals surface area contributed by atoms with Gasteiger partial charge in [-0.3, -0.25) is 8.97 Å². The van der Waals surface area contributed by atoms with E-state index >= 15 is 0 Å². The van der Waals surface area contributed by atoms with Crippen molar-refractivity contribution < 1.29 is 4.74 Å². The fourth-order valence-electron chi connectivity index (χ4n) is 11.9. The summed E-state index contributed by atoms with van der Waals surface area (Å²) in [6, 6.07) is 53.5. The van der Waals surface area contributed by atoms with Crippen LogP contribution in [0.15, 0.2) is 158 Å².